The van der Waals surface area contributed by atoms with Crippen LogP contribution in [0.2, 0.25) is 5.02 Å². The number of halogens is 1. The summed E-state index contributed by atoms with van der Waals surface area (Å²) in [6.07, 6.45) is 0. The Kier molecular flexibility index (Phi) is 6.95. The van der Waals surface area contributed by atoms with E-state index in [2.05, 4.69) is 33.9 Å². The molecule has 1 aliphatic rings. The number of morpholine rings is 1. The fourth-order valence-corrected chi connectivity index (χ4v) is 4.39. The second-order valence-corrected chi connectivity index (χ2v) is 9.16. The number of sulfonamides is 1. The number of anilines is 1. The van der Waals surface area contributed by atoms with Crippen molar-refractivity contribution in [2.24, 2.45) is 0 Å². The van der Waals surface area contributed by atoms with Gasteiger partial charge >= 0.3 is 0 Å². The Hall–Kier alpha value is -1.64. The summed E-state index contributed by atoms with van der Waals surface area (Å²) in [5, 5.41) is 0.506. The van der Waals surface area contributed by atoms with Gasteiger partial charge in [0.15, 0.2) is 0 Å². The molecule has 3 rings (SSSR count). The van der Waals surface area contributed by atoms with Gasteiger partial charge in [0.05, 0.1) is 18.1 Å². The van der Waals surface area contributed by atoms with E-state index in [-0.39, 0.29) is 17.5 Å². The highest BCUT2D eigenvalue weighted by atomic mass is 35.5. The fraction of sp³-hybridized carbons (Fsp3) is 0.400. The highest BCUT2D eigenvalue weighted by Crippen LogP contribution is 2.24. The smallest absolute Gasteiger partial charge is 0.240 e. The zero-order chi connectivity index (χ0) is 20.1. The van der Waals surface area contributed by atoms with Crippen LogP contribution in [0.5, 0.6) is 0 Å². The van der Waals surface area contributed by atoms with Gasteiger partial charge in [-0.05, 0) is 42.0 Å². The topological polar surface area (TPSA) is 61.9 Å². The van der Waals surface area contributed by atoms with Crippen molar-refractivity contribution in [2.45, 2.75) is 10.9 Å². The summed E-state index contributed by atoms with van der Waals surface area (Å²) >= 11 is 5.87. The van der Waals surface area contributed by atoms with Crippen molar-refractivity contribution < 1.29 is 13.2 Å². The number of nitrogens with one attached hydrogen (secondary N) is 1. The molecule has 1 saturated heterocycles. The van der Waals surface area contributed by atoms with E-state index in [0.29, 0.717) is 18.2 Å². The van der Waals surface area contributed by atoms with Gasteiger partial charge in [-0.3, -0.25) is 4.90 Å². The Morgan fingerprint density at radius 1 is 1.07 bits per heavy atom. The van der Waals surface area contributed by atoms with Gasteiger partial charge in [0.25, 0.3) is 0 Å². The quantitative estimate of drug-likeness (QED) is 0.742. The van der Waals surface area contributed by atoms with Crippen LogP contribution in [0.3, 0.4) is 0 Å². The number of rotatable bonds is 7. The SMILES string of the molecule is CN(C)c1ccc([C@@H](CNS(=O)(=O)c2ccc(Cl)cc2)N2CCOCC2)cc1. The van der Waals surface area contributed by atoms with E-state index in [1.807, 2.05) is 19.0 Å². The van der Waals surface area contributed by atoms with Crippen LogP contribution in [0, 0.1) is 0 Å². The maximum Gasteiger partial charge on any atom is 0.240 e. The van der Waals surface area contributed by atoms with Gasteiger partial charge in [0.2, 0.25) is 10.0 Å². The van der Waals surface area contributed by atoms with Crippen LogP contribution in [0.4, 0.5) is 5.69 Å². The highest BCUT2D eigenvalue weighted by molar-refractivity contribution is 7.89. The molecule has 0 unspecified atom stereocenters. The van der Waals surface area contributed by atoms with Gasteiger partial charge in [-0.25, -0.2) is 13.1 Å². The van der Waals surface area contributed by atoms with Gasteiger partial charge < -0.3 is 9.64 Å². The molecule has 1 fully saturated rings. The first-order valence-electron chi connectivity index (χ1n) is 9.21. The Bertz CT molecular complexity index is 865. The molecule has 0 amide bonds. The van der Waals surface area contributed by atoms with E-state index < -0.39 is 10.0 Å². The van der Waals surface area contributed by atoms with Crippen LogP contribution < -0.4 is 9.62 Å². The van der Waals surface area contributed by atoms with E-state index in [0.717, 1.165) is 24.3 Å². The average molecular weight is 424 g/mol. The molecule has 0 radical (unpaired) electrons. The fourth-order valence-electron chi connectivity index (χ4n) is 3.23. The monoisotopic (exact) mass is 423 g/mol. The second-order valence-electron chi connectivity index (χ2n) is 6.96. The van der Waals surface area contributed by atoms with Gasteiger partial charge in [-0.1, -0.05) is 23.7 Å². The van der Waals surface area contributed by atoms with Gasteiger partial charge in [0, 0.05) is 50.5 Å². The van der Waals surface area contributed by atoms with Crippen LogP contribution in [0.15, 0.2) is 53.4 Å². The Labute approximate surface area is 172 Å². The van der Waals surface area contributed by atoms with Crippen LogP contribution in [-0.4, -0.2) is 60.3 Å². The Morgan fingerprint density at radius 2 is 1.68 bits per heavy atom. The summed E-state index contributed by atoms with van der Waals surface area (Å²) < 4.78 is 33.6. The van der Waals surface area contributed by atoms with E-state index in [1.54, 1.807) is 12.1 Å². The standard InChI is InChI=1S/C20H26ClN3O3S/c1-23(2)18-7-3-16(4-8-18)20(24-11-13-27-14-12-24)15-22-28(25,26)19-9-5-17(21)6-10-19/h3-10,20,22H,11-15H2,1-2H3/t20-/m1/s1. The summed E-state index contributed by atoms with van der Waals surface area (Å²) in [4.78, 5) is 4.51. The molecule has 0 saturated carbocycles. The molecule has 0 aromatic heterocycles. The maximum atomic E-state index is 12.7. The van der Waals surface area contributed by atoms with Crippen molar-refractivity contribution in [2.75, 3.05) is 51.8 Å². The molecule has 0 spiro atoms. The van der Waals surface area contributed by atoms with Crippen molar-refractivity contribution in [1.29, 1.82) is 0 Å². The molecule has 28 heavy (non-hydrogen) atoms. The third kappa shape index (κ3) is 5.24. The summed E-state index contributed by atoms with van der Waals surface area (Å²) in [5.41, 5.74) is 2.18. The molecular formula is C20H26ClN3O3S. The minimum Gasteiger partial charge on any atom is -0.379 e. The first-order valence-corrected chi connectivity index (χ1v) is 11.1. The Morgan fingerprint density at radius 3 is 2.25 bits per heavy atom. The maximum absolute atomic E-state index is 12.7. The molecule has 152 valence electrons. The number of nitrogens with zero attached hydrogens (tertiary/aromatic N) is 2. The van der Waals surface area contributed by atoms with E-state index >= 15 is 0 Å². The van der Waals surface area contributed by atoms with Crippen molar-refractivity contribution in [3.8, 4) is 0 Å². The lowest BCUT2D eigenvalue weighted by Gasteiger charge is -2.35. The summed E-state index contributed by atoms with van der Waals surface area (Å²) in [6, 6.07) is 14.3. The molecule has 1 heterocycles. The van der Waals surface area contributed by atoms with E-state index in [1.165, 1.54) is 12.1 Å². The zero-order valence-corrected chi connectivity index (χ0v) is 17.7. The van der Waals surface area contributed by atoms with Crippen LogP contribution in [0.1, 0.15) is 11.6 Å². The molecule has 0 bridgehead atoms. The minimum absolute atomic E-state index is 0.0674. The van der Waals surface area contributed by atoms with Crippen molar-refractivity contribution in [1.82, 2.24) is 9.62 Å². The Balaban J connectivity index is 1.79. The van der Waals surface area contributed by atoms with Crippen LogP contribution >= 0.6 is 11.6 Å². The highest BCUT2D eigenvalue weighted by Gasteiger charge is 2.25. The summed E-state index contributed by atoms with van der Waals surface area (Å²) in [6.45, 7) is 3.12. The molecule has 1 N–H and O–H groups in total. The number of hydrogen-bond acceptors (Lipinski definition) is 5. The predicted molar refractivity (Wildman–Crippen MR) is 113 cm³/mol. The lowest BCUT2D eigenvalue weighted by Crippen LogP contribution is -2.43. The van der Waals surface area contributed by atoms with Crippen molar-refractivity contribution in [3.05, 3.63) is 59.1 Å². The molecule has 1 atom stereocenters. The third-order valence-electron chi connectivity index (χ3n) is 4.87. The largest absolute Gasteiger partial charge is 0.379 e. The summed E-state index contributed by atoms with van der Waals surface area (Å²) in [7, 11) is 0.374. The van der Waals surface area contributed by atoms with Crippen molar-refractivity contribution in [3.63, 3.8) is 0 Å². The normalized spacial score (nSPS) is 16.7. The average Bonchev–Trinajstić information content (AvgIpc) is 2.69. The first kappa shape index (κ1) is 21.1. The number of ether oxygens (including phenoxy) is 1. The van der Waals surface area contributed by atoms with Gasteiger partial charge in [0.1, 0.15) is 0 Å². The second kappa shape index (κ2) is 9.24. The van der Waals surface area contributed by atoms with Gasteiger partial charge in [-0.15, -0.1) is 0 Å². The number of hydrogen-bond donors (Lipinski definition) is 1. The third-order valence-corrected chi connectivity index (χ3v) is 6.56. The molecule has 6 nitrogen and oxygen atoms in total. The lowest BCUT2D eigenvalue weighted by molar-refractivity contribution is 0.0172. The van der Waals surface area contributed by atoms with Crippen LogP contribution in [0.25, 0.3) is 0 Å². The summed E-state index contributed by atoms with van der Waals surface area (Å²) in [5.74, 6) is 0. The van der Waals surface area contributed by atoms with E-state index in [9.17, 15) is 8.42 Å². The molecule has 2 aromatic rings. The van der Waals surface area contributed by atoms with E-state index in [4.69, 9.17) is 16.3 Å². The number of benzene rings is 2. The molecule has 2 aromatic carbocycles. The minimum atomic E-state index is -3.62. The molecule has 0 aliphatic carbocycles. The molecular weight excluding hydrogens is 398 g/mol. The lowest BCUT2D eigenvalue weighted by atomic mass is 10.0. The van der Waals surface area contributed by atoms with Crippen LogP contribution in [-0.2, 0) is 14.8 Å². The predicted octanol–water partition coefficient (Wildman–Crippen LogP) is 2.76. The first-order chi connectivity index (χ1) is 13.4. The van der Waals surface area contributed by atoms with Crippen molar-refractivity contribution >= 4 is 27.3 Å². The molecule has 8 heteroatoms. The zero-order valence-electron chi connectivity index (χ0n) is 16.1. The van der Waals surface area contributed by atoms with Gasteiger partial charge in [-0.2, -0.15) is 0 Å². The molecule has 1 aliphatic heterocycles.